The molecule has 4 nitrogen and oxygen atoms in total. The molecular weight excluding hydrogens is 206 g/mol. The van der Waals surface area contributed by atoms with Crippen LogP contribution in [0.4, 0.5) is 4.79 Å². The Balaban J connectivity index is 2.29. The minimum absolute atomic E-state index is 0.188. The van der Waals surface area contributed by atoms with Crippen molar-refractivity contribution in [1.82, 2.24) is 4.90 Å². The number of aliphatic hydroxyl groups excluding tert-OH is 1. The molecule has 84 valence electrons. The summed E-state index contributed by atoms with van der Waals surface area (Å²) in [7, 11) is 0. The number of carbonyl (C=O) groups is 1. The molecule has 1 aromatic rings. The number of hydrogen-bond donors (Lipinski definition) is 2. The molecule has 2 rings (SSSR count). The standard InChI is InChI=1S/C12H13NO3/c14-8-10-6-7-11(13(10)12(15)16)9-4-2-1-3-5-9/h1-7,10-11,14H,8H2,(H,15,16). The number of carboxylic acid groups (broad SMARTS) is 1. The summed E-state index contributed by atoms with van der Waals surface area (Å²) in [5.41, 5.74) is 0.914. The van der Waals surface area contributed by atoms with Crippen molar-refractivity contribution in [1.29, 1.82) is 0 Å². The Morgan fingerprint density at radius 2 is 1.94 bits per heavy atom. The van der Waals surface area contributed by atoms with Gasteiger partial charge in [-0.25, -0.2) is 4.79 Å². The van der Waals surface area contributed by atoms with E-state index in [1.807, 2.05) is 36.4 Å². The normalized spacial score (nSPS) is 23.7. The number of benzene rings is 1. The summed E-state index contributed by atoms with van der Waals surface area (Å²) in [5, 5.41) is 18.2. The average Bonchev–Trinajstić information content (AvgIpc) is 2.73. The summed E-state index contributed by atoms with van der Waals surface area (Å²) in [6.07, 6.45) is 2.52. The van der Waals surface area contributed by atoms with Crippen molar-refractivity contribution >= 4 is 6.09 Å². The number of aliphatic hydroxyl groups is 1. The fraction of sp³-hybridized carbons (Fsp3) is 0.250. The largest absolute Gasteiger partial charge is 0.465 e. The van der Waals surface area contributed by atoms with Gasteiger partial charge in [-0.05, 0) is 5.56 Å². The lowest BCUT2D eigenvalue weighted by Crippen LogP contribution is -2.38. The van der Waals surface area contributed by atoms with Crippen LogP contribution in [0.25, 0.3) is 0 Å². The predicted molar refractivity (Wildman–Crippen MR) is 59.1 cm³/mol. The zero-order valence-electron chi connectivity index (χ0n) is 8.65. The average molecular weight is 219 g/mol. The Kier molecular flexibility index (Phi) is 2.92. The smallest absolute Gasteiger partial charge is 0.408 e. The molecule has 1 heterocycles. The number of rotatable bonds is 2. The van der Waals surface area contributed by atoms with Crippen molar-refractivity contribution in [3.05, 3.63) is 48.0 Å². The van der Waals surface area contributed by atoms with E-state index in [0.717, 1.165) is 5.56 Å². The molecule has 4 heteroatoms. The molecule has 2 unspecified atom stereocenters. The fourth-order valence-electron chi connectivity index (χ4n) is 1.96. The Morgan fingerprint density at radius 3 is 2.50 bits per heavy atom. The first-order valence-electron chi connectivity index (χ1n) is 5.09. The molecule has 0 aromatic heterocycles. The van der Waals surface area contributed by atoms with E-state index in [9.17, 15) is 4.79 Å². The quantitative estimate of drug-likeness (QED) is 0.743. The van der Waals surface area contributed by atoms with Crippen LogP contribution in [0.15, 0.2) is 42.5 Å². The first kappa shape index (κ1) is 10.7. The zero-order valence-corrected chi connectivity index (χ0v) is 8.65. The molecule has 0 fully saturated rings. The van der Waals surface area contributed by atoms with Crippen molar-refractivity contribution in [2.24, 2.45) is 0 Å². The molecule has 2 N–H and O–H groups in total. The Hall–Kier alpha value is -1.81. The van der Waals surface area contributed by atoms with E-state index in [1.165, 1.54) is 4.90 Å². The van der Waals surface area contributed by atoms with Crippen LogP contribution in [0.1, 0.15) is 11.6 Å². The SMILES string of the molecule is O=C(O)N1C(CO)C=CC1c1ccccc1. The van der Waals surface area contributed by atoms with Gasteiger partial charge in [0.2, 0.25) is 0 Å². The van der Waals surface area contributed by atoms with E-state index in [1.54, 1.807) is 6.08 Å². The van der Waals surface area contributed by atoms with Crippen molar-refractivity contribution in [2.45, 2.75) is 12.1 Å². The van der Waals surface area contributed by atoms with Crippen LogP contribution in [-0.4, -0.2) is 33.9 Å². The van der Waals surface area contributed by atoms with Gasteiger partial charge in [-0.3, -0.25) is 4.90 Å². The lowest BCUT2D eigenvalue weighted by molar-refractivity contribution is 0.107. The van der Waals surface area contributed by atoms with Gasteiger partial charge in [0, 0.05) is 0 Å². The predicted octanol–water partition coefficient (Wildman–Crippen LogP) is 1.64. The van der Waals surface area contributed by atoms with Crippen LogP contribution in [0.3, 0.4) is 0 Å². The Morgan fingerprint density at radius 1 is 1.25 bits per heavy atom. The van der Waals surface area contributed by atoms with Gasteiger partial charge in [-0.1, -0.05) is 42.5 Å². The van der Waals surface area contributed by atoms with E-state index in [2.05, 4.69) is 0 Å². The Labute approximate surface area is 93.4 Å². The third-order valence-electron chi connectivity index (χ3n) is 2.72. The molecule has 1 aliphatic rings. The molecule has 2 atom stereocenters. The second-order valence-corrected chi connectivity index (χ2v) is 3.68. The molecule has 16 heavy (non-hydrogen) atoms. The molecule has 0 radical (unpaired) electrons. The molecule has 1 amide bonds. The van der Waals surface area contributed by atoms with Gasteiger partial charge in [0.15, 0.2) is 0 Å². The van der Waals surface area contributed by atoms with E-state index in [4.69, 9.17) is 10.2 Å². The molecule has 0 saturated carbocycles. The van der Waals surface area contributed by atoms with Gasteiger partial charge < -0.3 is 10.2 Å². The first-order valence-corrected chi connectivity index (χ1v) is 5.09. The monoisotopic (exact) mass is 219 g/mol. The topological polar surface area (TPSA) is 60.8 Å². The van der Waals surface area contributed by atoms with Crippen LogP contribution < -0.4 is 0 Å². The van der Waals surface area contributed by atoms with Gasteiger partial charge in [-0.15, -0.1) is 0 Å². The lowest BCUT2D eigenvalue weighted by Gasteiger charge is -2.26. The second kappa shape index (κ2) is 4.37. The van der Waals surface area contributed by atoms with Crippen LogP contribution in [0.2, 0.25) is 0 Å². The van der Waals surface area contributed by atoms with Crippen LogP contribution >= 0.6 is 0 Å². The summed E-state index contributed by atoms with van der Waals surface area (Å²) in [4.78, 5) is 12.4. The summed E-state index contributed by atoms with van der Waals surface area (Å²) < 4.78 is 0. The van der Waals surface area contributed by atoms with Gasteiger partial charge >= 0.3 is 6.09 Å². The molecule has 0 saturated heterocycles. The van der Waals surface area contributed by atoms with Crippen LogP contribution in [0.5, 0.6) is 0 Å². The number of hydrogen-bond acceptors (Lipinski definition) is 2. The highest BCUT2D eigenvalue weighted by Gasteiger charge is 2.32. The fourth-order valence-corrected chi connectivity index (χ4v) is 1.96. The van der Waals surface area contributed by atoms with Crippen molar-refractivity contribution < 1.29 is 15.0 Å². The highest BCUT2D eigenvalue weighted by Crippen LogP contribution is 2.30. The van der Waals surface area contributed by atoms with Crippen molar-refractivity contribution in [2.75, 3.05) is 6.61 Å². The summed E-state index contributed by atoms with van der Waals surface area (Å²) in [6, 6.07) is 8.65. The molecule has 1 aromatic carbocycles. The molecule has 1 aliphatic heterocycles. The minimum atomic E-state index is -1.02. The number of nitrogens with zero attached hydrogens (tertiary/aromatic N) is 1. The van der Waals surface area contributed by atoms with Gasteiger partial charge in [0.1, 0.15) is 0 Å². The third-order valence-corrected chi connectivity index (χ3v) is 2.72. The van der Waals surface area contributed by atoms with E-state index >= 15 is 0 Å². The van der Waals surface area contributed by atoms with Gasteiger partial charge in [0.05, 0.1) is 18.7 Å². The van der Waals surface area contributed by atoms with Gasteiger partial charge in [0.25, 0.3) is 0 Å². The lowest BCUT2D eigenvalue weighted by atomic mass is 10.1. The maximum atomic E-state index is 11.1. The van der Waals surface area contributed by atoms with E-state index in [0.29, 0.717) is 0 Å². The van der Waals surface area contributed by atoms with E-state index in [-0.39, 0.29) is 12.6 Å². The van der Waals surface area contributed by atoms with Crippen molar-refractivity contribution in [3.8, 4) is 0 Å². The minimum Gasteiger partial charge on any atom is -0.465 e. The summed E-state index contributed by atoms with van der Waals surface area (Å²) in [6.45, 7) is -0.188. The molecule has 0 aliphatic carbocycles. The highest BCUT2D eigenvalue weighted by molar-refractivity contribution is 5.68. The highest BCUT2D eigenvalue weighted by atomic mass is 16.4. The maximum Gasteiger partial charge on any atom is 0.408 e. The van der Waals surface area contributed by atoms with Crippen LogP contribution in [0, 0.1) is 0 Å². The third kappa shape index (κ3) is 1.79. The summed E-state index contributed by atoms with van der Waals surface area (Å²) >= 11 is 0. The van der Waals surface area contributed by atoms with Crippen molar-refractivity contribution in [3.63, 3.8) is 0 Å². The van der Waals surface area contributed by atoms with E-state index < -0.39 is 12.1 Å². The van der Waals surface area contributed by atoms with Gasteiger partial charge in [-0.2, -0.15) is 0 Å². The molecule has 0 spiro atoms. The molecule has 0 bridgehead atoms. The second-order valence-electron chi connectivity index (χ2n) is 3.68. The zero-order chi connectivity index (χ0) is 11.5. The maximum absolute atomic E-state index is 11.1. The van der Waals surface area contributed by atoms with Crippen LogP contribution in [-0.2, 0) is 0 Å². The molecular formula is C12H13NO3. The Bertz CT molecular complexity index is 402. The summed E-state index contributed by atoms with van der Waals surface area (Å²) in [5.74, 6) is 0. The number of amides is 1. The first-order chi connectivity index (χ1) is 7.74.